The Balaban J connectivity index is 4.24. The summed E-state index contributed by atoms with van der Waals surface area (Å²) in [7, 11) is 2.56. The zero-order valence-electron chi connectivity index (χ0n) is 16.6. The lowest BCUT2D eigenvalue weighted by Crippen LogP contribution is -2.45. The van der Waals surface area contributed by atoms with Crippen molar-refractivity contribution in [1.29, 1.82) is 0 Å². The van der Waals surface area contributed by atoms with Crippen LogP contribution in [0.25, 0.3) is 0 Å². The lowest BCUT2D eigenvalue weighted by atomic mass is 10.0. The number of esters is 2. The van der Waals surface area contributed by atoms with Crippen LogP contribution in [-0.2, 0) is 28.7 Å². The molecule has 0 saturated carbocycles. The van der Waals surface area contributed by atoms with Crippen molar-refractivity contribution in [3.63, 3.8) is 0 Å². The first-order valence-corrected chi connectivity index (χ1v) is 8.88. The fourth-order valence-electron chi connectivity index (χ4n) is 2.31. The zero-order chi connectivity index (χ0) is 20.3. The minimum absolute atomic E-state index is 0.0801. The first-order chi connectivity index (χ1) is 12.1. The average molecular weight is 372 g/mol. The quantitative estimate of drug-likeness (QED) is 0.416. The van der Waals surface area contributed by atoms with Gasteiger partial charge >= 0.3 is 11.9 Å². The Bertz CT molecular complexity index is 446. The molecule has 2 amide bonds. The van der Waals surface area contributed by atoms with E-state index in [1.807, 2.05) is 27.7 Å². The Hall–Kier alpha value is -2.12. The number of methoxy groups -OCH3 is 2. The van der Waals surface area contributed by atoms with Gasteiger partial charge in [-0.1, -0.05) is 27.7 Å². The number of hydrogen-bond acceptors (Lipinski definition) is 6. The van der Waals surface area contributed by atoms with Crippen molar-refractivity contribution < 1.29 is 28.7 Å². The van der Waals surface area contributed by atoms with E-state index in [1.165, 1.54) is 14.2 Å². The highest BCUT2D eigenvalue weighted by Crippen LogP contribution is 2.07. The Morgan fingerprint density at radius 2 is 1.00 bits per heavy atom. The fraction of sp³-hybridized carbons (Fsp3) is 0.778. The lowest BCUT2D eigenvalue weighted by Gasteiger charge is -2.20. The van der Waals surface area contributed by atoms with Crippen LogP contribution in [-0.4, -0.2) is 50.1 Å². The molecular formula is C18H32N2O6. The maximum atomic E-state index is 11.9. The summed E-state index contributed by atoms with van der Waals surface area (Å²) in [6, 6.07) is -1.36. The third-order valence-electron chi connectivity index (χ3n) is 3.93. The first-order valence-electron chi connectivity index (χ1n) is 8.88. The van der Waals surface area contributed by atoms with Gasteiger partial charge in [0.2, 0.25) is 11.8 Å². The molecule has 0 aromatic rings. The molecule has 2 atom stereocenters. The second kappa shape index (κ2) is 12.3. The van der Waals surface area contributed by atoms with Gasteiger partial charge in [-0.05, 0) is 24.7 Å². The van der Waals surface area contributed by atoms with E-state index in [9.17, 15) is 19.2 Å². The maximum absolute atomic E-state index is 11.9. The molecule has 0 aliphatic carbocycles. The van der Waals surface area contributed by atoms with Gasteiger partial charge in [-0.25, -0.2) is 9.59 Å². The third kappa shape index (κ3) is 8.82. The molecular weight excluding hydrogens is 340 g/mol. The van der Waals surface area contributed by atoms with Gasteiger partial charge in [-0.2, -0.15) is 0 Å². The monoisotopic (exact) mass is 372 g/mol. The molecule has 0 unspecified atom stereocenters. The minimum atomic E-state index is -0.678. The summed E-state index contributed by atoms with van der Waals surface area (Å²) < 4.78 is 9.34. The Kier molecular flexibility index (Phi) is 11.3. The molecule has 0 bridgehead atoms. The highest BCUT2D eigenvalue weighted by atomic mass is 16.5. The summed E-state index contributed by atoms with van der Waals surface area (Å²) in [4.78, 5) is 47.1. The number of rotatable bonds is 11. The van der Waals surface area contributed by atoms with Crippen LogP contribution in [0.4, 0.5) is 0 Å². The van der Waals surface area contributed by atoms with Gasteiger partial charge in [0.25, 0.3) is 0 Å². The molecule has 0 aromatic carbocycles. The van der Waals surface area contributed by atoms with Crippen LogP contribution in [0.15, 0.2) is 0 Å². The predicted molar refractivity (Wildman–Crippen MR) is 96.0 cm³/mol. The number of carbonyl (C=O) groups is 4. The van der Waals surface area contributed by atoms with E-state index >= 15 is 0 Å². The average Bonchev–Trinajstić information content (AvgIpc) is 2.59. The molecule has 0 aliphatic heterocycles. The van der Waals surface area contributed by atoms with E-state index in [2.05, 4.69) is 20.1 Å². The number of ether oxygens (including phenoxy) is 2. The SMILES string of the molecule is COC(=O)[C@@H](NC(=O)CCCCC(=O)N[C@H](C(=O)OC)C(C)C)C(C)C. The molecule has 8 heteroatoms. The second-order valence-corrected chi connectivity index (χ2v) is 6.83. The van der Waals surface area contributed by atoms with Gasteiger partial charge in [0.15, 0.2) is 0 Å². The molecule has 0 heterocycles. The highest BCUT2D eigenvalue weighted by Gasteiger charge is 2.25. The van der Waals surface area contributed by atoms with Crippen molar-refractivity contribution in [2.45, 2.75) is 65.5 Å². The minimum Gasteiger partial charge on any atom is -0.467 e. The number of hydrogen-bond donors (Lipinski definition) is 2. The summed E-state index contributed by atoms with van der Waals surface area (Å²) in [5.74, 6) is -1.63. The van der Waals surface area contributed by atoms with Gasteiger partial charge in [0.1, 0.15) is 12.1 Å². The second-order valence-electron chi connectivity index (χ2n) is 6.83. The number of carbonyl (C=O) groups excluding carboxylic acids is 4. The van der Waals surface area contributed by atoms with Crippen LogP contribution >= 0.6 is 0 Å². The largest absolute Gasteiger partial charge is 0.467 e. The van der Waals surface area contributed by atoms with Gasteiger partial charge in [-0.15, -0.1) is 0 Å². The highest BCUT2D eigenvalue weighted by molar-refractivity contribution is 5.85. The zero-order valence-corrected chi connectivity index (χ0v) is 16.6. The van der Waals surface area contributed by atoms with E-state index < -0.39 is 24.0 Å². The molecule has 150 valence electrons. The van der Waals surface area contributed by atoms with Crippen molar-refractivity contribution in [2.75, 3.05) is 14.2 Å². The Labute approximate surface area is 155 Å². The summed E-state index contributed by atoms with van der Waals surface area (Å²) in [6.45, 7) is 7.27. The van der Waals surface area contributed by atoms with Crippen molar-refractivity contribution in [3.05, 3.63) is 0 Å². The lowest BCUT2D eigenvalue weighted by molar-refractivity contribution is -0.146. The molecule has 26 heavy (non-hydrogen) atoms. The molecule has 2 N–H and O–H groups in total. The topological polar surface area (TPSA) is 111 Å². The Morgan fingerprint density at radius 1 is 0.692 bits per heavy atom. The van der Waals surface area contributed by atoms with E-state index in [-0.39, 0.29) is 36.5 Å². The van der Waals surface area contributed by atoms with Crippen molar-refractivity contribution >= 4 is 23.8 Å². The maximum Gasteiger partial charge on any atom is 0.328 e. The van der Waals surface area contributed by atoms with E-state index in [0.717, 1.165) is 0 Å². The fourth-order valence-corrected chi connectivity index (χ4v) is 2.31. The van der Waals surface area contributed by atoms with E-state index in [0.29, 0.717) is 12.8 Å². The van der Waals surface area contributed by atoms with Crippen LogP contribution in [0.5, 0.6) is 0 Å². The Morgan fingerprint density at radius 3 is 1.23 bits per heavy atom. The smallest absolute Gasteiger partial charge is 0.328 e. The van der Waals surface area contributed by atoms with Gasteiger partial charge < -0.3 is 20.1 Å². The van der Waals surface area contributed by atoms with Gasteiger partial charge in [0.05, 0.1) is 14.2 Å². The molecule has 0 fully saturated rings. The molecule has 0 spiro atoms. The summed E-state index contributed by atoms with van der Waals surface area (Å²) >= 11 is 0. The normalized spacial score (nSPS) is 13.1. The van der Waals surface area contributed by atoms with Crippen LogP contribution in [0, 0.1) is 11.8 Å². The molecule has 0 saturated heterocycles. The first kappa shape index (κ1) is 23.9. The number of nitrogens with one attached hydrogen (secondary N) is 2. The molecule has 8 nitrogen and oxygen atoms in total. The molecule has 0 aromatic heterocycles. The summed E-state index contributed by atoms with van der Waals surface area (Å²) in [5.41, 5.74) is 0. The van der Waals surface area contributed by atoms with Crippen LogP contribution in [0.3, 0.4) is 0 Å². The van der Waals surface area contributed by atoms with Crippen LogP contribution < -0.4 is 10.6 Å². The molecule has 0 aliphatic rings. The number of amides is 2. The van der Waals surface area contributed by atoms with Crippen LogP contribution in [0.1, 0.15) is 53.4 Å². The van der Waals surface area contributed by atoms with E-state index in [4.69, 9.17) is 0 Å². The standard InChI is InChI=1S/C18H32N2O6/c1-11(2)15(17(23)25-5)19-13(21)9-7-8-10-14(22)20-16(12(3)4)18(24)26-6/h11-12,15-16H,7-10H2,1-6H3,(H,19,21)(H,20,22)/t15-,16-/m0/s1. The van der Waals surface area contributed by atoms with Crippen LogP contribution in [0.2, 0.25) is 0 Å². The number of unbranched alkanes of at least 4 members (excludes halogenated alkanes) is 1. The van der Waals surface area contributed by atoms with Crippen molar-refractivity contribution in [1.82, 2.24) is 10.6 Å². The molecule has 0 rings (SSSR count). The summed E-state index contributed by atoms with van der Waals surface area (Å²) in [6.07, 6.45) is 1.40. The van der Waals surface area contributed by atoms with Gasteiger partial charge in [0, 0.05) is 12.8 Å². The third-order valence-corrected chi connectivity index (χ3v) is 3.93. The van der Waals surface area contributed by atoms with Crippen molar-refractivity contribution in [2.24, 2.45) is 11.8 Å². The van der Waals surface area contributed by atoms with E-state index in [1.54, 1.807) is 0 Å². The van der Waals surface area contributed by atoms with Gasteiger partial charge in [-0.3, -0.25) is 9.59 Å². The predicted octanol–water partition coefficient (Wildman–Crippen LogP) is 1.17. The summed E-state index contributed by atoms with van der Waals surface area (Å²) in [5, 5.41) is 5.30. The van der Waals surface area contributed by atoms with Crippen molar-refractivity contribution in [3.8, 4) is 0 Å². The molecule has 0 radical (unpaired) electrons.